The Morgan fingerprint density at radius 3 is 2.08 bits per heavy atom. The van der Waals surface area contributed by atoms with Crippen molar-refractivity contribution >= 4 is 23.3 Å². The van der Waals surface area contributed by atoms with Crippen molar-refractivity contribution in [1.82, 2.24) is 4.90 Å². The summed E-state index contributed by atoms with van der Waals surface area (Å²) in [5.74, 6) is 0.151. The van der Waals surface area contributed by atoms with Gasteiger partial charge in [0.1, 0.15) is 30.5 Å². The van der Waals surface area contributed by atoms with Crippen LogP contribution in [0.15, 0.2) is 102 Å². The Morgan fingerprint density at radius 1 is 0.776 bits per heavy atom. The predicted molar refractivity (Wildman–Crippen MR) is 192 cm³/mol. The van der Waals surface area contributed by atoms with E-state index in [1.54, 1.807) is 18.2 Å². The Labute approximate surface area is 288 Å². The van der Waals surface area contributed by atoms with Crippen molar-refractivity contribution < 1.29 is 34.1 Å². The number of carbonyl (C=O) groups is 1. The van der Waals surface area contributed by atoms with Crippen LogP contribution in [0.5, 0.6) is 17.2 Å². The first-order valence-electron chi connectivity index (χ1n) is 16.3. The van der Waals surface area contributed by atoms with Gasteiger partial charge < -0.3 is 39.9 Å². The van der Waals surface area contributed by atoms with Crippen LogP contribution in [-0.4, -0.2) is 87.0 Å². The number of oxime groups is 1. The third-order valence-corrected chi connectivity index (χ3v) is 7.69. The number of nitrogens with zero attached hydrogens (tertiary/aromatic N) is 2. The van der Waals surface area contributed by atoms with Gasteiger partial charge in [0.2, 0.25) is 0 Å². The molecule has 0 bridgehead atoms. The molecule has 0 saturated carbocycles. The van der Waals surface area contributed by atoms with Gasteiger partial charge in [-0.15, -0.1) is 0 Å². The molecule has 0 atom stereocenters. The van der Waals surface area contributed by atoms with Gasteiger partial charge in [0.25, 0.3) is 5.91 Å². The summed E-state index contributed by atoms with van der Waals surface area (Å²) in [6.45, 7) is 6.30. The minimum Gasteiger partial charge on any atom is -0.508 e. The third kappa shape index (κ3) is 11.8. The number of benzene rings is 4. The van der Waals surface area contributed by atoms with E-state index in [2.05, 4.69) is 53.4 Å². The lowest BCUT2D eigenvalue weighted by Gasteiger charge is -2.18. The first-order chi connectivity index (χ1) is 23.9. The largest absolute Gasteiger partial charge is 0.508 e. The first-order valence-corrected chi connectivity index (χ1v) is 16.3. The summed E-state index contributed by atoms with van der Waals surface area (Å²) >= 11 is 0. The van der Waals surface area contributed by atoms with Crippen LogP contribution in [0.1, 0.15) is 46.0 Å². The number of aromatic hydroxyl groups is 2. The van der Waals surface area contributed by atoms with Gasteiger partial charge in [-0.2, -0.15) is 0 Å². The smallest absolute Gasteiger partial charge is 0.252 e. The minimum absolute atomic E-state index is 0.0220. The topological polar surface area (TPSA) is 136 Å². The van der Waals surface area contributed by atoms with Crippen LogP contribution in [0.25, 0.3) is 11.1 Å². The standard InChI is InChI=1S/C39H45N3O7/c1-3-35(30-7-5-4-6-8-30)38(31-10-14-33(43)15-11-31)32-12-16-34(17-13-32)48-22-20-42(2)19-21-46-23-24-47-25-26-49-41-28-29-9-18-37(44)36(27-29)39(40)45/h4-18,27-28,43-44H,3,19-26H2,1-2H3,(H2,40,45)/b38-35+,41-28+. The number of phenols is 2. The Balaban J connectivity index is 1.12. The molecule has 0 fully saturated rings. The molecule has 4 aromatic rings. The van der Waals surface area contributed by atoms with E-state index in [4.69, 9.17) is 24.8 Å². The van der Waals surface area contributed by atoms with Crippen LogP contribution in [0, 0.1) is 0 Å². The van der Waals surface area contributed by atoms with Gasteiger partial charge in [0.05, 0.1) is 38.2 Å². The maximum Gasteiger partial charge on any atom is 0.252 e. The van der Waals surface area contributed by atoms with E-state index in [0.29, 0.717) is 38.6 Å². The number of allylic oxidation sites excluding steroid dienone is 1. The molecule has 10 heteroatoms. The number of amides is 1. The summed E-state index contributed by atoms with van der Waals surface area (Å²) in [7, 11) is 2.03. The van der Waals surface area contributed by atoms with Gasteiger partial charge in [-0.25, -0.2) is 0 Å². The zero-order valence-electron chi connectivity index (χ0n) is 28.1. The Bertz CT molecular complexity index is 1660. The van der Waals surface area contributed by atoms with Crippen molar-refractivity contribution in [3.63, 3.8) is 0 Å². The van der Waals surface area contributed by atoms with Gasteiger partial charge in [-0.1, -0.05) is 66.7 Å². The molecule has 0 aliphatic carbocycles. The number of carbonyl (C=O) groups excluding carboxylic acids is 1. The van der Waals surface area contributed by atoms with Crippen LogP contribution >= 0.6 is 0 Å². The highest BCUT2D eigenvalue weighted by Gasteiger charge is 2.14. The molecule has 49 heavy (non-hydrogen) atoms. The van der Waals surface area contributed by atoms with Crippen LogP contribution in [0.4, 0.5) is 0 Å². The normalized spacial score (nSPS) is 11.9. The zero-order valence-corrected chi connectivity index (χ0v) is 28.1. The second-order valence-electron chi connectivity index (χ2n) is 11.2. The highest BCUT2D eigenvalue weighted by Crippen LogP contribution is 2.35. The summed E-state index contributed by atoms with van der Waals surface area (Å²) in [4.78, 5) is 18.6. The molecule has 1 amide bonds. The van der Waals surface area contributed by atoms with E-state index in [9.17, 15) is 15.0 Å². The molecule has 0 heterocycles. The molecular weight excluding hydrogens is 622 g/mol. The van der Waals surface area contributed by atoms with Gasteiger partial charge in [0.15, 0.2) is 0 Å². The molecular formula is C39H45N3O7. The molecule has 4 aromatic carbocycles. The number of likely N-dealkylation sites (N-methyl/N-ethyl adjacent to an activating group) is 1. The van der Waals surface area contributed by atoms with Crippen LogP contribution < -0.4 is 10.5 Å². The summed E-state index contributed by atoms with van der Waals surface area (Å²) in [6, 6.07) is 30.4. The van der Waals surface area contributed by atoms with E-state index in [0.717, 1.165) is 42.0 Å². The monoisotopic (exact) mass is 667 g/mol. The number of phenolic OH excluding ortho intramolecular Hbond substituents is 1. The van der Waals surface area contributed by atoms with Crippen molar-refractivity contribution in [2.75, 3.05) is 59.8 Å². The van der Waals surface area contributed by atoms with E-state index >= 15 is 0 Å². The van der Waals surface area contributed by atoms with Crippen molar-refractivity contribution in [2.24, 2.45) is 10.9 Å². The van der Waals surface area contributed by atoms with Crippen molar-refractivity contribution in [3.05, 3.63) is 125 Å². The maximum atomic E-state index is 11.3. The second kappa shape index (κ2) is 19.6. The fourth-order valence-electron chi connectivity index (χ4n) is 5.08. The predicted octanol–water partition coefficient (Wildman–Crippen LogP) is 5.96. The summed E-state index contributed by atoms with van der Waals surface area (Å²) in [5, 5.41) is 23.3. The molecule has 4 N–H and O–H groups in total. The number of ether oxygens (including phenoxy) is 3. The van der Waals surface area contributed by atoms with Gasteiger partial charge in [0, 0.05) is 13.1 Å². The third-order valence-electron chi connectivity index (χ3n) is 7.69. The quantitative estimate of drug-likeness (QED) is 0.0455. The van der Waals surface area contributed by atoms with E-state index in [-0.39, 0.29) is 23.7 Å². The Hall–Kier alpha value is -5.16. The number of hydrogen-bond acceptors (Lipinski definition) is 9. The SMILES string of the molecule is CC/C(=C(/c1ccc(O)cc1)c1ccc(OCCN(C)CCOCCOCCO/N=C/c2ccc(O)c(C(N)=O)c2)cc1)c1ccccc1. The molecule has 258 valence electrons. The van der Waals surface area contributed by atoms with E-state index < -0.39 is 5.91 Å². The minimum atomic E-state index is -0.719. The molecule has 0 unspecified atom stereocenters. The Morgan fingerprint density at radius 2 is 1.41 bits per heavy atom. The molecule has 0 saturated heterocycles. The number of rotatable bonds is 20. The maximum absolute atomic E-state index is 11.3. The van der Waals surface area contributed by atoms with Crippen LogP contribution in [-0.2, 0) is 14.3 Å². The highest BCUT2D eigenvalue weighted by molar-refractivity contribution is 5.99. The number of primary amides is 1. The fraction of sp³-hybridized carbons (Fsp3) is 0.282. The fourth-order valence-corrected chi connectivity index (χ4v) is 5.08. The van der Waals surface area contributed by atoms with Crippen molar-refractivity contribution in [2.45, 2.75) is 13.3 Å². The Kier molecular flexibility index (Phi) is 14.7. The lowest BCUT2D eigenvalue weighted by molar-refractivity contribution is 0.0126. The molecule has 0 radical (unpaired) electrons. The van der Waals surface area contributed by atoms with Gasteiger partial charge in [-0.3, -0.25) is 4.79 Å². The molecule has 0 aliphatic rings. The van der Waals surface area contributed by atoms with E-state index in [1.165, 1.54) is 29.5 Å². The second-order valence-corrected chi connectivity index (χ2v) is 11.2. The van der Waals surface area contributed by atoms with Crippen LogP contribution in [0.2, 0.25) is 0 Å². The summed E-state index contributed by atoms with van der Waals surface area (Å²) in [5.41, 5.74) is 11.5. The number of hydrogen-bond donors (Lipinski definition) is 3. The summed E-state index contributed by atoms with van der Waals surface area (Å²) in [6.07, 6.45) is 2.29. The average molecular weight is 668 g/mol. The van der Waals surface area contributed by atoms with E-state index in [1.807, 2.05) is 37.4 Å². The molecule has 0 aromatic heterocycles. The van der Waals surface area contributed by atoms with Crippen molar-refractivity contribution in [3.8, 4) is 17.2 Å². The average Bonchev–Trinajstić information content (AvgIpc) is 3.11. The highest BCUT2D eigenvalue weighted by atomic mass is 16.6. The van der Waals surface area contributed by atoms with Gasteiger partial charge >= 0.3 is 0 Å². The summed E-state index contributed by atoms with van der Waals surface area (Å²) < 4.78 is 17.2. The van der Waals surface area contributed by atoms with Crippen molar-refractivity contribution in [1.29, 1.82) is 0 Å². The molecule has 0 aliphatic heterocycles. The molecule has 4 rings (SSSR count). The number of nitrogens with two attached hydrogens (primary N) is 1. The lowest BCUT2D eigenvalue weighted by atomic mass is 9.88. The molecule has 0 spiro atoms. The first kappa shape index (κ1) is 36.7. The zero-order chi connectivity index (χ0) is 34.8. The molecule has 10 nitrogen and oxygen atoms in total. The van der Waals surface area contributed by atoms with Crippen LogP contribution in [0.3, 0.4) is 0 Å². The lowest BCUT2D eigenvalue weighted by Crippen LogP contribution is -2.28. The van der Waals surface area contributed by atoms with Gasteiger partial charge in [-0.05, 0) is 89.3 Å².